The van der Waals surface area contributed by atoms with Gasteiger partial charge >= 0.3 is 0 Å². The van der Waals surface area contributed by atoms with Gasteiger partial charge in [0.2, 0.25) is 5.91 Å². The van der Waals surface area contributed by atoms with Crippen molar-refractivity contribution in [2.45, 2.75) is 25.8 Å². The van der Waals surface area contributed by atoms with Crippen LogP contribution in [-0.2, 0) is 11.3 Å². The summed E-state index contributed by atoms with van der Waals surface area (Å²) in [5.41, 5.74) is 1.46. The van der Waals surface area contributed by atoms with Crippen molar-refractivity contribution >= 4 is 22.8 Å². The lowest BCUT2D eigenvalue weighted by atomic mass is 9.81. The summed E-state index contributed by atoms with van der Waals surface area (Å²) >= 11 is 0. The number of H-pyrrole nitrogens is 1. The Labute approximate surface area is 172 Å². The van der Waals surface area contributed by atoms with Gasteiger partial charge in [0.15, 0.2) is 0 Å². The summed E-state index contributed by atoms with van der Waals surface area (Å²) < 4.78 is 13.8. The number of aromatic amines is 1. The SMILES string of the molecule is N#Cc1ccc(CNC(=O)C2CCN(c3ncnc4[nH]ccc34)CC23CC3)cc1F. The highest BCUT2D eigenvalue weighted by Crippen LogP contribution is 2.56. The standard InChI is InChI=1S/C22H21FN6O/c23-18-9-14(1-2-15(18)10-24)11-26-21(30)17-4-8-29(12-22(17)5-6-22)20-16-3-7-25-19(16)27-13-28-20/h1-3,7,9,13,17H,4-6,8,11-12H2,(H,26,30)(H,25,27,28). The number of carbonyl (C=O) groups excluding carboxylic acids is 1. The number of fused-ring (bicyclic) bond motifs is 1. The molecule has 8 heteroatoms. The quantitative estimate of drug-likeness (QED) is 0.697. The van der Waals surface area contributed by atoms with Crippen molar-refractivity contribution < 1.29 is 9.18 Å². The molecule has 0 bridgehead atoms. The van der Waals surface area contributed by atoms with Crippen LogP contribution in [-0.4, -0.2) is 33.9 Å². The maximum atomic E-state index is 13.8. The molecule has 1 aliphatic carbocycles. The number of piperidine rings is 1. The first-order valence-electron chi connectivity index (χ1n) is 10.1. The summed E-state index contributed by atoms with van der Waals surface area (Å²) in [6, 6.07) is 8.22. The van der Waals surface area contributed by atoms with Gasteiger partial charge in [-0.3, -0.25) is 4.79 Å². The maximum Gasteiger partial charge on any atom is 0.224 e. The molecule has 3 aromatic rings. The molecule has 2 N–H and O–H groups in total. The van der Waals surface area contributed by atoms with Crippen molar-refractivity contribution in [3.05, 3.63) is 53.7 Å². The van der Waals surface area contributed by atoms with E-state index in [1.165, 1.54) is 12.1 Å². The van der Waals surface area contributed by atoms with Gasteiger partial charge in [0, 0.05) is 31.7 Å². The summed E-state index contributed by atoms with van der Waals surface area (Å²) in [6.45, 7) is 1.81. The lowest BCUT2D eigenvalue weighted by molar-refractivity contribution is -0.128. The number of carbonyl (C=O) groups is 1. The van der Waals surface area contributed by atoms with E-state index in [1.54, 1.807) is 12.4 Å². The number of hydrogen-bond donors (Lipinski definition) is 2. The first kappa shape index (κ1) is 18.6. The molecule has 1 atom stereocenters. The highest BCUT2D eigenvalue weighted by molar-refractivity contribution is 5.87. The monoisotopic (exact) mass is 404 g/mol. The molecule has 1 saturated carbocycles. The summed E-state index contributed by atoms with van der Waals surface area (Å²) in [4.78, 5) is 27.1. The van der Waals surface area contributed by atoms with Crippen LogP contribution in [0.15, 0.2) is 36.8 Å². The lowest BCUT2D eigenvalue weighted by Crippen LogP contribution is -2.48. The second kappa shape index (κ2) is 7.10. The maximum absolute atomic E-state index is 13.8. The van der Waals surface area contributed by atoms with Crippen LogP contribution >= 0.6 is 0 Å². The smallest absolute Gasteiger partial charge is 0.224 e. The van der Waals surface area contributed by atoms with Gasteiger partial charge < -0.3 is 15.2 Å². The van der Waals surface area contributed by atoms with Crippen LogP contribution in [0.4, 0.5) is 10.2 Å². The number of rotatable bonds is 4. The van der Waals surface area contributed by atoms with E-state index in [9.17, 15) is 9.18 Å². The molecule has 2 aromatic heterocycles. The van der Waals surface area contributed by atoms with Gasteiger partial charge in [-0.2, -0.15) is 5.26 Å². The second-order valence-corrected chi connectivity index (χ2v) is 8.21. The normalized spacial score (nSPS) is 19.6. The molecule has 7 nitrogen and oxygen atoms in total. The van der Waals surface area contributed by atoms with Gasteiger partial charge in [-0.25, -0.2) is 14.4 Å². The average Bonchev–Trinajstić information content (AvgIpc) is 3.33. The molecule has 152 valence electrons. The van der Waals surface area contributed by atoms with E-state index in [4.69, 9.17) is 5.26 Å². The largest absolute Gasteiger partial charge is 0.355 e. The Hall–Kier alpha value is -3.47. The van der Waals surface area contributed by atoms with Crippen molar-refractivity contribution in [1.82, 2.24) is 20.3 Å². The number of nitriles is 1. The Kier molecular flexibility index (Phi) is 4.39. The molecule has 30 heavy (non-hydrogen) atoms. The predicted octanol–water partition coefficient (Wildman–Crippen LogP) is 2.89. The number of amides is 1. The van der Waals surface area contributed by atoms with E-state index >= 15 is 0 Å². The number of benzene rings is 1. The molecular formula is C22H21FN6O. The number of anilines is 1. The predicted molar refractivity (Wildman–Crippen MR) is 109 cm³/mol. The van der Waals surface area contributed by atoms with Crippen LogP contribution < -0.4 is 10.2 Å². The first-order chi connectivity index (χ1) is 14.6. The third-order valence-electron chi connectivity index (χ3n) is 6.39. The second-order valence-electron chi connectivity index (χ2n) is 8.21. The highest BCUT2D eigenvalue weighted by Gasteiger charge is 2.55. The summed E-state index contributed by atoms with van der Waals surface area (Å²) in [5.74, 6) is 0.323. The summed E-state index contributed by atoms with van der Waals surface area (Å²) in [5, 5.41) is 12.8. The first-order valence-corrected chi connectivity index (χ1v) is 10.1. The van der Waals surface area contributed by atoms with Crippen molar-refractivity contribution in [1.29, 1.82) is 5.26 Å². The Balaban J connectivity index is 1.27. The van der Waals surface area contributed by atoms with Crippen LogP contribution in [0.2, 0.25) is 0 Å². The van der Waals surface area contributed by atoms with Gasteiger partial charge in [-0.1, -0.05) is 6.07 Å². The minimum Gasteiger partial charge on any atom is -0.355 e. The van der Waals surface area contributed by atoms with Gasteiger partial charge in [0.25, 0.3) is 0 Å². The van der Waals surface area contributed by atoms with E-state index in [1.807, 2.05) is 18.3 Å². The fourth-order valence-electron chi connectivity index (χ4n) is 4.60. The van der Waals surface area contributed by atoms with E-state index in [0.717, 1.165) is 49.2 Å². The van der Waals surface area contributed by atoms with Gasteiger partial charge in [0.05, 0.1) is 10.9 Å². The van der Waals surface area contributed by atoms with Crippen LogP contribution in [0.3, 0.4) is 0 Å². The van der Waals surface area contributed by atoms with Crippen molar-refractivity contribution in [3.63, 3.8) is 0 Å². The summed E-state index contributed by atoms with van der Waals surface area (Å²) in [6.07, 6.45) is 6.23. The molecular weight excluding hydrogens is 383 g/mol. The minimum atomic E-state index is -0.558. The summed E-state index contributed by atoms with van der Waals surface area (Å²) in [7, 11) is 0. The van der Waals surface area contributed by atoms with E-state index in [2.05, 4.69) is 25.2 Å². The number of nitrogens with one attached hydrogen (secondary N) is 2. The van der Waals surface area contributed by atoms with Crippen LogP contribution in [0.1, 0.15) is 30.4 Å². The molecule has 1 amide bonds. The van der Waals surface area contributed by atoms with Crippen LogP contribution in [0.5, 0.6) is 0 Å². The molecule has 0 radical (unpaired) electrons. The third kappa shape index (κ3) is 3.16. The minimum absolute atomic E-state index is 0.00985. The molecule has 5 rings (SSSR count). The van der Waals surface area contributed by atoms with Gasteiger partial charge in [-0.05, 0) is 48.4 Å². The van der Waals surface area contributed by atoms with Gasteiger partial charge in [-0.15, -0.1) is 0 Å². The molecule has 1 aliphatic heterocycles. The number of nitrogens with zero attached hydrogens (tertiary/aromatic N) is 4. The zero-order valence-electron chi connectivity index (χ0n) is 16.4. The molecule has 1 spiro atoms. The zero-order valence-corrected chi connectivity index (χ0v) is 16.4. The van der Waals surface area contributed by atoms with E-state index in [-0.39, 0.29) is 29.3 Å². The number of hydrogen-bond acceptors (Lipinski definition) is 5. The van der Waals surface area contributed by atoms with Crippen molar-refractivity contribution in [3.8, 4) is 6.07 Å². The molecule has 1 saturated heterocycles. The Morgan fingerprint density at radius 1 is 1.37 bits per heavy atom. The fraction of sp³-hybridized carbons (Fsp3) is 0.364. The zero-order chi connectivity index (χ0) is 20.7. The highest BCUT2D eigenvalue weighted by atomic mass is 19.1. The molecule has 2 fully saturated rings. The lowest BCUT2D eigenvalue weighted by Gasteiger charge is -2.39. The Morgan fingerprint density at radius 3 is 3.00 bits per heavy atom. The van der Waals surface area contributed by atoms with Crippen LogP contribution in [0.25, 0.3) is 11.0 Å². The average molecular weight is 404 g/mol. The Morgan fingerprint density at radius 2 is 2.23 bits per heavy atom. The van der Waals surface area contributed by atoms with Gasteiger partial charge in [0.1, 0.15) is 29.7 Å². The molecule has 1 aromatic carbocycles. The molecule has 1 unspecified atom stereocenters. The van der Waals surface area contributed by atoms with Crippen LogP contribution in [0, 0.1) is 28.5 Å². The molecule has 3 heterocycles. The number of aromatic nitrogens is 3. The topological polar surface area (TPSA) is 97.7 Å². The third-order valence-corrected chi connectivity index (χ3v) is 6.39. The fourth-order valence-corrected chi connectivity index (χ4v) is 4.60. The molecule has 2 aliphatic rings. The number of halogens is 1. The Bertz CT molecular complexity index is 1160. The van der Waals surface area contributed by atoms with E-state index < -0.39 is 5.82 Å². The van der Waals surface area contributed by atoms with Crippen molar-refractivity contribution in [2.24, 2.45) is 11.3 Å². The van der Waals surface area contributed by atoms with Crippen molar-refractivity contribution in [2.75, 3.05) is 18.0 Å². The van der Waals surface area contributed by atoms with E-state index in [0.29, 0.717) is 5.56 Å².